The lowest BCUT2D eigenvalue weighted by Gasteiger charge is -2.29. The molecule has 4 rings (SSSR count). The first kappa shape index (κ1) is 20.9. The van der Waals surface area contributed by atoms with E-state index in [9.17, 15) is 27.2 Å². The Labute approximate surface area is 177 Å². The van der Waals surface area contributed by atoms with Crippen LogP contribution in [0.25, 0.3) is 11.1 Å². The number of carbonyl (C=O) groups is 2. The van der Waals surface area contributed by atoms with Gasteiger partial charge in [0.25, 0.3) is 5.91 Å². The Bertz CT molecular complexity index is 1190. The number of amides is 1. The van der Waals surface area contributed by atoms with Gasteiger partial charge in [-0.05, 0) is 52.9 Å². The van der Waals surface area contributed by atoms with Gasteiger partial charge in [-0.3, -0.25) is 4.79 Å². The number of benzene rings is 2. The Balaban J connectivity index is 1.58. The van der Waals surface area contributed by atoms with E-state index in [0.717, 1.165) is 17.4 Å². The number of ether oxygens (including phenoxy) is 1. The molecular formula is C21H13F4NO4S. The molecule has 3 aromatic rings. The van der Waals surface area contributed by atoms with Crippen molar-refractivity contribution in [3.8, 4) is 16.9 Å². The van der Waals surface area contributed by atoms with E-state index >= 15 is 0 Å². The van der Waals surface area contributed by atoms with Gasteiger partial charge in [0.2, 0.25) is 0 Å². The molecule has 0 unspecified atom stereocenters. The van der Waals surface area contributed by atoms with E-state index in [4.69, 9.17) is 9.84 Å². The molecule has 1 amide bonds. The fraction of sp³-hybridized carbons (Fsp3) is 0.143. The van der Waals surface area contributed by atoms with E-state index in [-0.39, 0.29) is 18.2 Å². The summed E-state index contributed by atoms with van der Waals surface area (Å²) in [6.45, 7) is -0.133. The number of hydrogen-bond donors (Lipinski definition) is 1. The van der Waals surface area contributed by atoms with Crippen molar-refractivity contribution in [1.82, 2.24) is 4.90 Å². The number of alkyl halides is 3. The van der Waals surface area contributed by atoms with Gasteiger partial charge < -0.3 is 14.7 Å². The first-order valence-electron chi connectivity index (χ1n) is 8.87. The van der Waals surface area contributed by atoms with Crippen LogP contribution in [0.1, 0.15) is 31.2 Å². The van der Waals surface area contributed by atoms with Crippen molar-refractivity contribution in [2.45, 2.75) is 12.7 Å². The Kier molecular flexibility index (Phi) is 5.18. The number of carbonyl (C=O) groups excluding carboxylic acids is 1. The van der Waals surface area contributed by atoms with Gasteiger partial charge in [-0.2, -0.15) is 13.2 Å². The molecule has 5 nitrogen and oxygen atoms in total. The fourth-order valence-electron chi connectivity index (χ4n) is 3.19. The third-order valence-electron chi connectivity index (χ3n) is 4.76. The highest BCUT2D eigenvalue weighted by molar-refractivity contribution is 7.12. The van der Waals surface area contributed by atoms with Crippen molar-refractivity contribution in [3.05, 3.63) is 75.2 Å². The van der Waals surface area contributed by atoms with Gasteiger partial charge in [-0.25, -0.2) is 9.18 Å². The van der Waals surface area contributed by atoms with Gasteiger partial charge in [0, 0.05) is 5.56 Å². The Morgan fingerprint density at radius 3 is 2.48 bits per heavy atom. The van der Waals surface area contributed by atoms with Gasteiger partial charge >= 0.3 is 12.1 Å². The van der Waals surface area contributed by atoms with E-state index in [0.29, 0.717) is 34.6 Å². The summed E-state index contributed by atoms with van der Waals surface area (Å²) in [4.78, 5) is 25.1. The number of aromatic carboxylic acids is 1. The molecule has 0 fully saturated rings. The zero-order valence-corrected chi connectivity index (χ0v) is 16.4. The normalized spacial score (nSPS) is 13.5. The van der Waals surface area contributed by atoms with E-state index < -0.39 is 35.0 Å². The lowest BCUT2D eigenvalue weighted by molar-refractivity contribution is -0.137. The molecule has 1 N–H and O–H groups in total. The van der Waals surface area contributed by atoms with Crippen LogP contribution in [0.5, 0.6) is 5.75 Å². The van der Waals surface area contributed by atoms with Crippen molar-refractivity contribution in [1.29, 1.82) is 0 Å². The van der Waals surface area contributed by atoms with Crippen LogP contribution in [0.15, 0.2) is 47.8 Å². The van der Waals surface area contributed by atoms with E-state index in [1.807, 2.05) is 0 Å². The molecule has 2 aromatic carbocycles. The maximum Gasteiger partial charge on any atom is 0.416 e. The SMILES string of the molecule is O=C(O)c1cc(-c2ccc3c(c2)CN(C(=O)c2ccc(C(F)(F)F)cc2F)CO3)cs1. The predicted molar refractivity (Wildman–Crippen MR) is 103 cm³/mol. The highest BCUT2D eigenvalue weighted by Crippen LogP contribution is 2.34. The Hall–Kier alpha value is -3.40. The smallest absolute Gasteiger partial charge is 0.416 e. The van der Waals surface area contributed by atoms with Crippen LogP contribution < -0.4 is 4.74 Å². The molecule has 1 aromatic heterocycles. The standard InChI is InChI=1S/C21H13F4NO4S/c22-16-7-14(21(23,24)25)2-3-15(16)19(27)26-8-12-5-11(1-4-17(12)30-10-26)13-6-18(20(28)29)31-9-13/h1-7,9H,8,10H2,(H,28,29). The highest BCUT2D eigenvalue weighted by atomic mass is 32.1. The summed E-state index contributed by atoms with van der Waals surface area (Å²) in [5.41, 5.74) is 0.333. The first-order valence-corrected chi connectivity index (χ1v) is 9.75. The highest BCUT2D eigenvalue weighted by Gasteiger charge is 2.32. The first-order chi connectivity index (χ1) is 14.6. The molecule has 0 saturated carbocycles. The Morgan fingerprint density at radius 2 is 1.84 bits per heavy atom. The zero-order chi connectivity index (χ0) is 22.3. The minimum atomic E-state index is -4.71. The largest absolute Gasteiger partial charge is 0.477 e. The van der Waals surface area contributed by atoms with Crippen LogP contribution in [-0.4, -0.2) is 28.6 Å². The number of rotatable bonds is 3. The molecule has 160 valence electrons. The maximum absolute atomic E-state index is 14.2. The zero-order valence-electron chi connectivity index (χ0n) is 15.6. The van der Waals surface area contributed by atoms with Crippen LogP contribution in [0, 0.1) is 5.82 Å². The number of thiophene rings is 1. The van der Waals surface area contributed by atoms with Crippen LogP contribution in [0.3, 0.4) is 0 Å². The fourth-order valence-corrected chi connectivity index (χ4v) is 3.94. The molecule has 0 bridgehead atoms. The molecule has 10 heteroatoms. The van der Waals surface area contributed by atoms with Crippen molar-refractivity contribution in [3.63, 3.8) is 0 Å². The average Bonchev–Trinajstić information content (AvgIpc) is 3.22. The monoisotopic (exact) mass is 451 g/mol. The quantitative estimate of drug-likeness (QED) is 0.552. The molecule has 31 heavy (non-hydrogen) atoms. The molecule has 0 aliphatic carbocycles. The number of carboxylic acid groups (broad SMARTS) is 1. The lowest BCUT2D eigenvalue weighted by atomic mass is 10.0. The van der Waals surface area contributed by atoms with Gasteiger partial charge in [-0.1, -0.05) is 6.07 Å². The average molecular weight is 451 g/mol. The number of carboxylic acids is 1. The lowest BCUT2D eigenvalue weighted by Crippen LogP contribution is -2.37. The Morgan fingerprint density at radius 1 is 1.06 bits per heavy atom. The number of nitrogens with zero attached hydrogens (tertiary/aromatic N) is 1. The molecule has 0 atom stereocenters. The second-order valence-electron chi connectivity index (χ2n) is 6.80. The maximum atomic E-state index is 14.2. The van der Waals surface area contributed by atoms with Crippen molar-refractivity contribution in [2.75, 3.05) is 6.73 Å². The van der Waals surface area contributed by atoms with Crippen molar-refractivity contribution < 1.29 is 37.0 Å². The van der Waals surface area contributed by atoms with Gasteiger partial charge in [0.1, 0.15) is 16.4 Å². The molecule has 1 aliphatic heterocycles. The van der Waals surface area contributed by atoms with Crippen molar-refractivity contribution >= 4 is 23.2 Å². The summed E-state index contributed by atoms with van der Waals surface area (Å²) in [5.74, 6) is -2.59. The van der Waals surface area contributed by atoms with Crippen molar-refractivity contribution in [2.24, 2.45) is 0 Å². The molecule has 0 radical (unpaired) electrons. The van der Waals surface area contributed by atoms with Gasteiger partial charge in [-0.15, -0.1) is 11.3 Å². The van der Waals surface area contributed by atoms with Gasteiger partial charge in [0.15, 0.2) is 6.73 Å². The topological polar surface area (TPSA) is 66.8 Å². The van der Waals surface area contributed by atoms with Crippen LogP contribution in [0.2, 0.25) is 0 Å². The van der Waals surface area contributed by atoms with E-state index in [2.05, 4.69) is 0 Å². The van der Waals surface area contributed by atoms with Crippen LogP contribution in [0.4, 0.5) is 17.6 Å². The summed E-state index contributed by atoms with van der Waals surface area (Å²) in [6.07, 6.45) is -4.71. The second kappa shape index (κ2) is 7.69. The number of hydrogen-bond acceptors (Lipinski definition) is 4. The number of fused-ring (bicyclic) bond motifs is 1. The predicted octanol–water partition coefficient (Wildman–Crippen LogP) is 5.26. The molecule has 0 saturated heterocycles. The molecule has 0 spiro atoms. The third kappa shape index (κ3) is 4.11. The van der Waals surface area contributed by atoms with E-state index in [1.165, 1.54) is 11.0 Å². The molecule has 1 aliphatic rings. The summed E-state index contributed by atoms with van der Waals surface area (Å²) in [5, 5.41) is 10.8. The summed E-state index contributed by atoms with van der Waals surface area (Å²) >= 11 is 1.08. The van der Waals surface area contributed by atoms with Crippen LogP contribution >= 0.6 is 11.3 Å². The van der Waals surface area contributed by atoms with Crippen LogP contribution in [-0.2, 0) is 12.7 Å². The second-order valence-corrected chi connectivity index (χ2v) is 7.71. The minimum Gasteiger partial charge on any atom is -0.477 e. The summed E-state index contributed by atoms with van der Waals surface area (Å²) in [6, 6.07) is 8.45. The minimum absolute atomic E-state index is 0.0540. The summed E-state index contributed by atoms with van der Waals surface area (Å²) < 4.78 is 57.9. The summed E-state index contributed by atoms with van der Waals surface area (Å²) in [7, 11) is 0. The van der Waals surface area contributed by atoms with Gasteiger partial charge in [0.05, 0.1) is 17.7 Å². The third-order valence-corrected chi connectivity index (χ3v) is 5.67. The van der Waals surface area contributed by atoms with E-state index in [1.54, 1.807) is 23.6 Å². The number of halogens is 4. The molecule has 2 heterocycles. The molecular weight excluding hydrogens is 438 g/mol.